The van der Waals surface area contributed by atoms with Crippen molar-refractivity contribution < 1.29 is 4.74 Å². The van der Waals surface area contributed by atoms with E-state index in [0.29, 0.717) is 6.10 Å². The van der Waals surface area contributed by atoms with Crippen LogP contribution in [0, 0.1) is 0 Å². The van der Waals surface area contributed by atoms with E-state index in [0.717, 1.165) is 0 Å². The molecular formula is C25H52O. The van der Waals surface area contributed by atoms with Gasteiger partial charge in [-0.15, -0.1) is 0 Å². The van der Waals surface area contributed by atoms with Crippen LogP contribution in [0.4, 0.5) is 0 Å². The molecule has 0 saturated heterocycles. The molecule has 0 aliphatic carbocycles. The van der Waals surface area contributed by atoms with Crippen molar-refractivity contribution in [3.05, 3.63) is 0 Å². The molecule has 0 aliphatic rings. The van der Waals surface area contributed by atoms with Crippen molar-refractivity contribution in [2.45, 2.75) is 162 Å². The maximum atomic E-state index is 6.36. The topological polar surface area (TPSA) is 9.23 Å². The molecule has 0 heterocycles. The van der Waals surface area contributed by atoms with Gasteiger partial charge in [0, 0.05) is 0 Å². The lowest BCUT2D eigenvalue weighted by molar-refractivity contribution is -0.0677. The van der Waals surface area contributed by atoms with Crippen molar-refractivity contribution in [1.82, 2.24) is 0 Å². The maximum Gasteiger partial charge on any atom is 0.0602 e. The minimum atomic E-state index is 0.00493. The van der Waals surface area contributed by atoms with E-state index < -0.39 is 0 Å². The van der Waals surface area contributed by atoms with Crippen molar-refractivity contribution >= 4 is 0 Å². The van der Waals surface area contributed by atoms with Crippen LogP contribution in [0.3, 0.4) is 0 Å². The van der Waals surface area contributed by atoms with Crippen LogP contribution in [0.25, 0.3) is 0 Å². The molecule has 0 unspecified atom stereocenters. The van der Waals surface area contributed by atoms with Crippen molar-refractivity contribution in [1.29, 1.82) is 0 Å². The zero-order valence-corrected chi connectivity index (χ0v) is 19.2. The Balaban J connectivity index is 3.74. The molecule has 0 radical (unpaired) electrons. The Hall–Kier alpha value is -0.0400. The second-order valence-corrected chi connectivity index (χ2v) is 9.38. The lowest BCUT2D eigenvalue weighted by Gasteiger charge is -2.28. The van der Waals surface area contributed by atoms with Crippen LogP contribution in [0.5, 0.6) is 0 Å². The number of hydrogen-bond donors (Lipinski definition) is 0. The van der Waals surface area contributed by atoms with Crippen molar-refractivity contribution in [2.24, 2.45) is 0 Å². The summed E-state index contributed by atoms with van der Waals surface area (Å²) in [6, 6.07) is 0. The summed E-state index contributed by atoms with van der Waals surface area (Å²) in [7, 11) is 0. The SMILES string of the molecule is CCCCCCCCCCC(CCCCCCCCCC)OC(C)(C)C. The summed E-state index contributed by atoms with van der Waals surface area (Å²) in [5.41, 5.74) is 0.00493. The van der Waals surface area contributed by atoms with Gasteiger partial charge in [-0.25, -0.2) is 0 Å². The number of hydrogen-bond acceptors (Lipinski definition) is 1. The monoisotopic (exact) mass is 368 g/mol. The van der Waals surface area contributed by atoms with E-state index >= 15 is 0 Å². The van der Waals surface area contributed by atoms with Crippen LogP contribution in [0.1, 0.15) is 150 Å². The molecule has 158 valence electrons. The first kappa shape index (κ1) is 26.0. The van der Waals surface area contributed by atoms with Crippen LogP contribution in [0.15, 0.2) is 0 Å². The molecule has 0 amide bonds. The summed E-state index contributed by atoms with van der Waals surface area (Å²) in [6.07, 6.45) is 25.5. The van der Waals surface area contributed by atoms with E-state index in [1.165, 1.54) is 116 Å². The summed E-state index contributed by atoms with van der Waals surface area (Å²) >= 11 is 0. The third-order valence-electron chi connectivity index (χ3n) is 5.28. The van der Waals surface area contributed by atoms with Gasteiger partial charge in [-0.2, -0.15) is 0 Å². The minimum Gasteiger partial charge on any atom is -0.373 e. The Morgan fingerprint density at radius 2 is 0.808 bits per heavy atom. The molecule has 0 aromatic carbocycles. The van der Waals surface area contributed by atoms with Gasteiger partial charge in [0.15, 0.2) is 0 Å². The van der Waals surface area contributed by atoms with Crippen LogP contribution in [0.2, 0.25) is 0 Å². The normalized spacial score (nSPS) is 12.2. The van der Waals surface area contributed by atoms with E-state index in [1.54, 1.807) is 0 Å². The van der Waals surface area contributed by atoms with Gasteiger partial charge < -0.3 is 4.74 Å². The molecule has 0 aromatic heterocycles. The fourth-order valence-electron chi connectivity index (χ4n) is 3.77. The average molecular weight is 369 g/mol. The van der Waals surface area contributed by atoms with Gasteiger partial charge in [-0.3, -0.25) is 0 Å². The number of unbranched alkanes of at least 4 members (excludes halogenated alkanes) is 14. The molecule has 26 heavy (non-hydrogen) atoms. The number of rotatable bonds is 19. The molecule has 0 rings (SSSR count). The molecular weight excluding hydrogens is 316 g/mol. The Morgan fingerprint density at radius 3 is 1.12 bits per heavy atom. The lowest BCUT2D eigenvalue weighted by Crippen LogP contribution is -2.27. The van der Waals surface area contributed by atoms with E-state index in [-0.39, 0.29) is 5.60 Å². The molecule has 0 spiro atoms. The zero-order chi connectivity index (χ0) is 19.5. The first-order valence-corrected chi connectivity index (χ1v) is 12.2. The van der Waals surface area contributed by atoms with Gasteiger partial charge in [0.2, 0.25) is 0 Å². The molecule has 0 bridgehead atoms. The van der Waals surface area contributed by atoms with Gasteiger partial charge in [-0.05, 0) is 33.6 Å². The smallest absolute Gasteiger partial charge is 0.0602 e. The van der Waals surface area contributed by atoms with Crippen molar-refractivity contribution in [3.63, 3.8) is 0 Å². The summed E-state index contributed by atoms with van der Waals surface area (Å²) in [6.45, 7) is 11.2. The largest absolute Gasteiger partial charge is 0.373 e. The molecule has 1 heteroatoms. The van der Waals surface area contributed by atoms with Crippen LogP contribution >= 0.6 is 0 Å². The third-order valence-corrected chi connectivity index (χ3v) is 5.28. The van der Waals surface area contributed by atoms with E-state index in [9.17, 15) is 0 Å². The predicted octanol–water partition coefficient (Wildman–Crippen LogP) is 9.23. The highest BCUT2D eigenvalue weighted by Crippen LogP contribution is 2.21. The molecule has 0 atom stereocenters. The van der Waals surface area contributed by atoms with E-state index in [4.69, 9.17) is 4.74 Å². The number of ether oxygens (including phenoxy) is 1. The van der Waals surface area contributed by atoms with Crippen molar-refractivity contribution in [2.75, 3.05) is 0 Å². The lowest BCUT2D eigenvalue weighted by atomic mass is 10.0. The highest BCUT2D eigenvalue weighted by atomic mass is 16.5. The Labute approximate surface area is 167 Å². The Bertz CT molecular complexity index is 246. The summed E-state index contributed by atoms with van der Waals surface area (Å²) in [5, 5.41) is 0. The van der Waals surface area contributed by atoms with Gasteiger partial charge >= 0.3 is 0 Å². The molecule has 1 nitrogen and oxygen atoms in total. The highest BCUT2D eigenvalue weighted by molar-refractivity contribution is 4.67. The molecule has 0 saturated carbocycles. The van der Waals surface area contributed by atoms with Crippen molar-refractivity contribution in [3.8, 4) is 0 Å². The first-order chi connectivity index (χ1) is 12.5. The molecule has 0 aliphatic heterocycles. The fourth-order valence-corrected chi connectivity index (χ4v) is 3.77. The Kier molecular flexibility index (Phi) is 18.3. The standard InChI is InChI=1S/C25H52O/c1-6-8-10-12-14-16-18-20-22-24(26-25(3,4)5)23-21-19-17-15-13-11-9-7-2/h24H,6-23H2,1-5H3. The predicted molar refractivity (Wildman–Crippen MR) is 119 cm³/mol. The third kappa shape index (κ3) is 20.3. The van der Waals surface area contributed by atoms with Gasteiger partial charge in [0.25, 0.3) is 0 Å². The Morgan fingerprint density at radius 1 is 0.500 bits per heavy atom. The van der Waals surface area contributed by atoms with Crippen LogP contribution in [-0.4, -0.2) is 11.7 Å². The first-order valence-electron chi connectivity index (χ1n) is 12.2. The fraction of sp³-hybridized carbons (Fsp3) is 1.00. The van der Waals surface area contributed by atoms with Gasteiger partial charge in [-0.1, -0.05) is 117 Å². The van der Waals surface area contributed by atoms with E-state index in [1.807, 2.05) is 0 Å². The average Bonchev–Trinajstić information content (AvgIpc) is 2.58. The van der Waals surface area contributed by atoms with E-state index in [2.05, 4.69) is 34.6 Å². The second-order valence-electron chi connectivity index (χ2n) is 9.38. The summed E-state index contributed by atoms with van der Waals surface area (Å²) in [5.74, 6) is 0. The minimum absolute atomic E-state index is 0.00493. The van der Waals surface area contributed by atoms with Crippen LogP contribution in [-0.2, 0) is 4.74 Å². The highest BCUT2D eigenvalue weighted by Gasteiger charge is 2.18. The van der Waals surface area contributed by atoms with Crippen LogP contribution < -0.4 is 0 Å². The summed E-state index contributed by atoms with van der Waals surface area (Å²) < 4.78 is 6.36. The maximum absolute atomic E-state index is 6.36. The summed E-state index contributed by atoms with van der Waals surface area (Å²) in [4.78, 5) is 0. The zero-order valence-electron chi connectivity index (χ0n) is 19.2. The van der Waals surface area contributed by atoms with Gasteiger partial charge in [0.05, 0.1) is 11.7 Å². The molecule has 0 fully saturated rings. The molecule has 0 N–H and O–H groups in total. The molecule has 0 aromatic rings. The second kappa shape index (κ2) is 18.3. The van der Waals surface area contributed by atoms with Gasteiger partial charge in [0.1, 0.15) is 0 Å². The quantitative estimate of drug-likeness (QED) is 0.206.